The number of ether oxygens (including phenoxy) is 1. The molecule has 0 radical (unpaired) electrons. The van der Waals surface area contributed by atoms with Crippen LogP contribution in [0.15, 0.2) is 6.07 Å². The molecular formula is C14H19N3O. The van der Waals surface area contributed by atoms with Crippen LogP contribution in [0.4, 0.5) is 5.69 Å². The van der Waals surface area contributed by atoms with Gasteiger partial charge < -0.3 is 9.64 Å². The topological polar surface area (TPSA) is 49.1 Å². The fourth-order valence-corrected chi connectivity index (χ4v) is 2.42. The number of hydrogen-bond donors (Lipinski definition) is 0. The van der Waals surface area contributed by atoms with Crippen LogP contribution in [-0.2, 0) is 4.74 Å². The first-order valence-electron chi connectivity index (χ1n) is 6.20. The molecule has 0 amide bonds. The lowest BCUT2D eigenvalue weighted by atomic mass is 10.0. The monoisotopic (exact) mass is 245 g/mol. The molecule has 1 saturated heterocycles. The second kappa shape index (κ2) is 4.58. The summed E-state index contributed by atoms with van der Waals surface area (Å²) >= 11 is 0. The van der Waals surface area contributed by atoms with E-state index >= 15 is 0 Å². The van der Waals surface area contributed by atoms with Crippen LogP contribution >= 0.6 is 0 Å². The molecule has 0 saturated carbocycles. The van der Waals surface area contributed by atoms with Crippen molar-refractivity contribution in [3.8, 4) is 6.07 Å². The van der Waals surface area contributed by atoms with Crippen LogP contribution in [0, 0.1) is 25.2 Å². The molecule has 2 rings (SSSR count). The summed E-state index contributed by atoms with van der Waals surface area (Å²) in [4.78, 5) is 6.58. The van der Waals surface area contributed by atoms with Crippen LogP contribution in [0.3, 0.4) is 0 Å². The number of morpholine rings is 1. The normalized spacial score (nSPS) is 18.5. The highest BCUT2D eigenvalue weighted by atomic mass is 16.5. The quantitative estimate of drug-likeness (QED) is 0.761. The molecule has 0 bridgehead atoms. The van der Waals surface area contributed by atoms with E-state index < -0.39 is 0 Å². The second-order valence-corrected chi connectivity index (χ2v) is 5.38. The first-order valence-corrected chi connectivity index (χ1v) is 6.20. The van der Waals surface area contributed by atoms with Gasteiger partial charge in [-0.25, -0.2) is 0 Å². The predicted molar refractivity (Wildman–Crippen MR) is 70.7 cm³/mol. The molecule has 0 N–H and O–H groups in total. The van der Waals surface area contributed by atoms with E-state index in [1.165, 1.54) is 0 Å². The fourth-order valence-electron chi connectivity index (χ4n) is 2.42. The SMILES string of the molecule is Cc1cc(N2CCOC(C)(C)C2)c(C#N)c(C)n1. The number of aryl methyl sites for hydroxylation is 2. The largest absolute Gasteiger partial charge is 0.372 e. The third-order valence-corrected chi connectivity index (χ3v) is 3.19. The molecule has 1 aliphatic heterocycles. The van der Waals surface area contributed by atoms with Gasteiger partial charge in [0.25, 0.3) is 0 Å². The highest BCUT2D eigenvalue weighted by molar-refractivity contribution is 5.62. The van der Waals surface area contributed by atoms with Gasteiger partial charge in [-0.05, 0) is 33.8 Å². The highest BCUT2D eigenvalue weighted by Crippen LogP contribution is 2.27. The van der Waals surface area contributed by atoms with E-state index in [0.29, 0.717) is 12.2 Å². The van der Waals surface area contributed by atoms with Crippen LogP contribution in [-0.4, -0.2) is 30.3 Å². The van der Waals surface area contributed by atoms with Crippen molar-refractivity contribution < 1.29 is 4.74 Å². The van der Waals surface area contributed by atoms with Crippen molar-refractivity contribution in [2.45, 2.75) is 33.3 Å². The summed E-state index contributed by atoms with van der Waals surface area (Å²) in [5.41, 5.74) is 3.25. The molecule has 0 aromatic carbocycles. The van der Waals surface area contributed by atoms with Gasteiger partial charge in [-0.2, -0.15) is 5.26 Å². The molecular weight excluding hydrogens is 226 g/mol. The maximum Gasteiger partial charge on any atom is 0.103 e. The summed E-state index contributed by atoms with van der Waals surface area (Å²) < 4.78 is 5.71. The third-order valence-electron chi connectivity index (χ3n) is 3.19. The molecule has 2 heterocycles. The van der Waals surface area contributed by atoms with Gasteiger partial charge in [0.1, 0.15) is 6.07 Å². The van der Waals surface area contributed by atoms with E-state index in [2.05, 4.69) is 29.8 Å². The Hall–Kier alpha value is -1.60. The Kier molecular flexibility index (Phi) is 3.27. The highest BCUT2D eigenvalue weighted by Gasteiger charge is 2.29. The van der Waals surface area contributed by atoms with Crippen molar-refractivity contribution in [1.29, 1.82) is 5.26 Å². The van der Waals surface area contributed by atoms with E-state index in [-0.39, 0.29) is 5.60 Å². The molecule has 0 atom stereocenters. The predicted octanol–water partition coefficient (Wildman–Crippen LogP) is 2.19. The number of aromatic nitrogens is 1. The molecule has 0 aliphatic carbocycles. The van der Waals surface area contributed by atoms with Crippen LogP contribution in [0.2, 0.25) is 0 Å². The van der Waals surface area contributed by atoms with Gasteiger partial charge >= 0.3 is 0 Å². The second-order valence-electron chi connectivity index (χ2n) is 5.38. The van der Waals surface area contributed by atoms with Crippen molar-refractivity contribution in [3.05, 3.63) is 23.0 Å². The van der Waals surface area contributed by atoms with Crippen LogP contribution in [0.25, 0.3) is 0 Å². The van der Waals surface area contributed by atoms with Gasteiger partial charge in [-0.1, -0.05) is 0 Å². The number of nitriles is 1. The number of pyridine rings is 1. The number of anilines is 1. The van der Waals surface area contributed by atoms with Crippen LogP contribution in [0.1, 0.15) is 30.8 Å². The molecule has 4 nitrogen and oxygen atoms in total. The minimum absolute atomic E-state index is 0.171. The van der Waals surface area contributed by atoms with Crippen molar-refractivity contribution in [1.82, 2.24) is 4.98 Å². The smallest absolute Gasteiger partial charge is 0.103 e. The zero-order chi connectivity index (χ0) is 13.3. The Morgan fingerprint density at radius 1 is 1.44 bits per heavy atom. The van der Waals surface area contributed by atoms with E-state index in [1.807, 2.05) is 19.9 Å². The van der Waals surface area contributed by atoms with Gasteiger partial charge in [-0.15, -0.1) is 0 Å². The summed E-state index contributed by atoms with van der Waals surface area (Å²) in [5, 5.41) is 9.30. The third kappa shape index (κ3) is 2.46. The summed E-state index contributed by atoms with van der Waals surface area (Å²) in [6, 6.07) is 4.26. The number of hydrogen-bond acceptors (Lipinski definition) is 4. The Morgan fingerprint density at radius 2 is 2.17 bits per heavy atom. The first-order chi connectivity index (χ1) is 8.43. The minimum Gasteiger partial charge on any atom is -0.372 e. The first kappa shape index (κ1) is 12.8. The van der Waals surface area contributed by atoms with Crippen LogP contribution < -0.4 is 4.90 Å². The molecule has 1 fully saturated rings. The lowest BCUT2D eigenvalue weighted by molar-refractivity contribution is -0.0277. The average Bonchev–Trinajstić information content (AvgIpc) is 2.26. The van der Waals surface area contributed by atoms with Gasteiger partial charge in [0.2, 0.25) is 0 Å². The van der Waals surface area contributed by atoms with Gasteiger partial charge in [-0.3, -0.25) is 4.98 Å². The molecule has 1 aromatic heterocycles. The van der Waals surface area contributed by atoms with E-state index in [0.717, 1.165) is 30.2 Å². The van der Waals surface area contributed by atoms with Crippen LogP contribution in [0.5, 0.6) is 0 Å². The number of rotatable bonds is 1. The van der Waals surface area contributed by atoms with Gasteiger partial charge in [0, 0.05) is 18.8 Å². The Morgan fingerprint density at radius 3 is 2.78 bits per heavy atom. The van der Waals surface area contributed by atoms with Crippen molar-refractivity contribution in [3.63, 3.8) is 0 Å². The lowest BCUT2D eigenvalue weighted by Gasteiger charge is -2.39. The maximum absolute atomic E-state index is 9.30. The van der Waals surface area contributed by atoms with E-state index in [4.69, 9.17) is 4.74 Å². The van der Waals surface area contributed by atoms with Crippen molar-refractivity contribution in [2.75, 3.05) is 24.6 Å². The van der Waals surface area contributed by atoms with Gasteiger partial charge in [0.15, 0.2) is 0 Å². The summed E-state index contributed by atoms with van der Waals surface area (Å²) in [6.07, 6.45) is 0. The Labute approximate surface area is 108 Å². The summed E-state index contributed by atoms with van der Waals surface area (Å²) in [5.74, 6) is 0. The summed E-state index contributed by atoms with van der Waals surface area (Å²) in [6.45, 7) is 10.3. The Bertz CT molecular complexity index is 502. The lowest BCUT2D eigenvalue weighted by Crippen LogP contribution is -2.48. The van der Waals surface area contributed by atoms with Crippen molar-refractivity contribution in [2.24, 2.45) is 0 Å². The molecule has 18 heavy (non-hydrogen) atoms. The minimum atomic E-state index is -0.171. The molecule has 0 spiro atoms. The molecule has 96 valence electrons. The molecule has 1 aromatic rings. The molecule has 4 heteroatoms. The van der Waals surface area contributed by atoms with E-state index in [9.17, 15) is 5.26 Å². The molecule has 0 unspecified atom stereocenters. The standard InChI is InChI=1S/C14H19N3O/c1-10-7-13(12(8-15)11(2)16-10)17-5-6-18-14(3,4)9-17/h7H,5-6,9H2,1-4H3. The maximum atomic E-state index is 9.30. The number of nitrogens with zero attached hydrogens (tertiary/aromatic N) is 3. The average molecular weight is 245 g/mol. The van der Waals surface area contributed by atoms with Gasteiger partial charge in [0.05, 0.1) is 29.2 Å². The van der Waals surface area contributed by atoms with Crippen molar-refractivity contribution >= 4 is 5.69 Å². The zero-order valence-corrected chi connectivity index (χ0v) is 11.4. The Balaban J connectivity index is 2.42. The fraction of sp³-hybridized carbons (Fsp3) is 0.571. The summed E-state index contributed by atoms with van der Waals surface area (Å²) in [7, 11) is 0. The molecule has 1 aliphatic rings. The van der Waals surface area contributed by atoms with E-state index in [1.54, 1.807) is 0 Å². The zero-order valence-electron chi connectivity index (χ0n) is 11.4.